The van der Waals surface area contributed by atoms with Gasteiger partial charge in [-0.2, -0.15) is 12.6 Å². The molecule has 31 heavy (non-hydrogen) atoms. The third kappa shape index (κ3) is 10.3. The summed E-state index contributed by atoms with van der Waals surface area (Å²) in [5.74, 6) is -2.83. The minimum absolute atomic E-state index is 0.106. The number of carboxylic acid groups (broad SMARTS) is 1. The molecule has 0 radical (unpaired) electrons. The molecule has 0 aliphatic heterocycles. The monoisotopic (exact) mass is 453 g/mol. The van der Waals surface area contributed by atoms with Crippen molar-refractivity contribution in [2.45, 2.75) is 43.8 Å². The quantitative estimate of drug-likeness (QED) is 0.136. The van der Waals surface area contributed by atoms with Crippen molar-refractivity contribution in [3.05, 3.63) is 35.9 Å². The Hall–Kier alpha value is -2.63. The number of hydrogen-bond acceptors (Lipinski definition) is 7. The van der Waals surface area contributed by atoms with E-state index in [9.17, 15) is 24.3 Å². The van der Waals surface area contributed by atoms with Crippen LogP contribution in [0.25, 0.3) is 0 Å². The second kappa shape index (κ2) is 14.4. The lowest BCUT2D eigenvalue weighted by molar-refractivity contribution is -0.142. The predicted molar refractivity (Wildman–Crippen MR) is 119 cm³/mol. The fourth-order valence-corrected chi connectivity index (χ4v) is 2.87. The molecule has 0 saturated carbocycles. The summed E-state index contributed by atoms with van der Waals surface area (Å²) in [6, 6.07) is 6.11. The van der Waals surface area contributed by atoms with Gasteiger partial charge in [-0.05, 0) is 31.4 Å². The summed E-state index contributed by atoms with van der Waals surface area (Å²) in [4.78, 5) is 48.2. The van der Waals surface area contributed by atoms with Crippen LogP contribution in [-0.2, 0) is 25.6 Å². The molecule has 3 atom stereocenters. The van der Waals surface area contributed by atoms with Crippen molar-refractivity contribution in [3.8, 4) is 0 Å². The molecule has 8 N–H and O–H groups in total. The first-order valence-electron chi connectivity index (χ1n) is 9.99. The Balaban J connectivity index is 2.70. The lowest BCUT2D eigenvalue weighted by Crippen LogP contribution is -2.54. The molecule has 0 aromatic heterocycles. The van der Waals surface area contributed by atoms with Crippen LogP contribution in [0.2, 0.25) is 0 Å². The Morgan fingerprint density at radius 3 is 2.26 bits per heavy atom. The number of carbonyl (C=O) groups excluding carboxylic acids is 3. The van der Waals surface area contributed by atoms with Crippen molar-refractivity contribution in [3.63, 3.8) is 0 Å². The van der Waals surface area contributed by atoms with E-state index < -0.39 is 48.4 Å². The molecule has 0 heterocycles. The van der Waals surface area contributed by atoms with Crippen LogP contribution in [-0.4, -0.2) is 65.8 Å². The van der Waals surface area contributed by atoms with Gasteiger partial charge in [-0.25, -0.2) is 4.79 Å². The van der Waals surface area contributed by atoms with Crippen LogP contribution in [0.15, 0.2) is 30.3 Å². The smallest absolute Gasteiger partial charge is 0.326 e. The first kappa shape index (κ1) is 26.4. The molecule has 0 aliphatic carbocycles. The summed E-state index contributed by atoms with van der Waals surface area (Å²) in [6.07, 6.45) is 1.62. The van der Waals surface area contributed by atoms with Crippen LogP contribution in [0.1, 0.15) is 24.8 Å². The van der Waals surface area contributed by atoms with E-state index in [-0.39, 0.29) is 18.6 Å². The van der Waals surface area contributed by atoms with Crippen LogP contribution in [0.5, 0.6) is 0 Å². The van der Waals surface area contributed by atoms with Gasteiger partial charge < -0.3 is 32.5 Å². The predicted octanol–water partition coefficient (Wildman–Crippen LogP) is -1.21. The average Bonchev–Trinajstić information content (AvgIpc) is 2.76. The summed E-state index contributed by atoms with van der Waals surface area (Å²) in [5, 5.41) is 16.6. The summed E-state index contributed by atoms with van der Waals surface area (Å²) < 4.78 is 0. The van der Waals surface area contributed by atoms with E-state index in [1.165, 1.54) is 0 Å². The molecule has 0 bridgehead atoms. The number of amides is 3. The molecule has 1 aromatic carbocycles. The molecule has 1 rings (SSSR count). The first-order valence-corrected chi connectivity index (χ1v) is 10.6. The Kier molecular flexibility index (Phi) is 12.3. The maximum atomic E-state index is 12.6. The zero-order chi connectivity index (χ0) is 23.2. The SMILES string of the molecule is NCCCCC(NC(=O)CNC(=O)C(Cc1ccccc1)NC(=O)C(N)CS)C(=O)O. The highest BCUT2D eigenvalue weighted by Gasteiger charge is 2.25. The molecule has 3 amide bonds. The van der Waals surface area contributed by atoms with Crippen molar-refractivity contribution in [2.75, 3.05) is 18.8 Å². The Morgan fingerprint density at radius 2 is 1.68 bits per heavy atom. The fourth-order valence-electron chi connectivity index (χ4n) is 2.71. The highest BCUT2D eigenvalue weighted by molar-refractivity contribution is 7.80. The van der Waals surface area contributed by atoms with Crippen molar-refractivity contribution >= 4 is 36.3 Å². The van der Waals surface area contributed by atoms with Gasteiger partial charge in [0.05, 0.1) is 12.6 Å². The minimum atomic E-state index is -1.16. The van der Waals surface area contributed by atoms with Gasteiger partial charge in [-0.1, -0.05) is 30.3 Å². The topological polar surface area (TPSA) is 177 Å². The molecular formula is C20H31N5O5S. The van der Waals surface area contributed by atoms with Gasteiger partial charge in [0.2, 0.25) is 17.7 Å². The number of aliphatic carboxylic acids is 1. The third-order valence-corrected chi connectivity index (χ3v) is 4.85. The van der Waals surface area contributed by atoms with Gasteiger partial charge in [0.1, 0.15) is 12.1 Å². The molecule has 0 saturated heterocycles. The standard InChI is InChI=1S/C20H31N5O5S/c21-9-5-4-8-15(20(29)30)24-17(26)11-23-19(28)16(25-18(27)14(22)12-31)10-13-6-2-1-3-7-13/h1-3,6-7,14-16,31H,4-5,8-12,21-22H2,(H,23,28)(H,24,26)(H,25,27)(H,29,30). The second-order valence-corrected chi connectivity index (χ2v) is 7.37. The zero-order valence-electron chi connectivity index (χ0n) is 17.3. The van der Waals surface area contributed by atoms with Crippen LogP contribution >= 0.6 is 12.6 Å². The molecule has 0 aliphatic rings. The van der Waals surface area contributed by atoms with Gasteiger partial charge in [0.15, 0.2) is 0 Å². The van der Waals surface area contributed by atoms with Gasteiger partial charge in [0.25, 0.3) is 0 Å². The van der Waals surface area contributed by atoms with Crippen molar-refractivity contribution in [1.29, 1.82) is 0 Å². The molecule has 172 valence electrons. The molecule has 1 aromatic rings. The average molecular weight is 454 g/mol. The van der Waals surface area contributed by atoms with E-state index in [4.69, 9.17) is 11.5 Å². The number of nitrogens with two attached hydrogens (primary N) is 2. The highest BCUT2D eigenvalue weighted by Crippen LogP contribution is 2.04. The van der Waals surface area contributed by atoms with E-state index in [1.807, 2.05) is 6.07 Å². The van der Waals surface area contributed by atoms with Crippen molar-refractivity contribution in [1.82, 2.24) is 16.0 Å². The van der Waals surface area contributed by atoms with Crippen LogP contribution < -0.4 is 27.4 Å². The lowest BCUT2D eigenvalue weighted by Gasteiger charge is -2.21. The molecular weight excluding hydrogens is 422 g/mol. The number of thiol groups is 1. The molecule has 3 unspecified atom stereocenters. The summed E-state index contributed by atoms with van der Waals surface area (Å²) >= 11 is 3.98. The maximum absolute atomic E-state index is 12.6. The summed E-state index contributed by atoms with van der Waals surface area (Å²) in [5.41, 5.74) is 11.9. The van der Waals surface area contributed by atoms with Gasteiger partial charge in [-0.3, -0.25) is 14.4 Å². The lowest BCUT2D eigenvalue weighted by atomic mass is 10.0. The number of benzene rings is 1. The van der Waals surface area contributed by atoms with E-state index in [2.05, 4.69) is 28.6 Å². The largest absolute Gasteiger partial charge is 0.480 e. The Labute approximate surface area is 186 Å². The van der Waals surface area contributed by atoms with Crippen molar-refractivity contribution < 1.29 is 24.3 Å². The molecule has 10 nitrogen and oxygen atoms in total. The summed E-state index contributed by atoms with van der Waals surface area (Å²) in [6.45, 7) is 0.00102. The third-order valence-electron chi connectivity index (χ3n) is 4.45. The molecule has 11 heteroatoms. The minimum Gasteiger partial charge on any atom is -0.480 e. The normalized spacial score (nSPS) is 13.5. The number of hydrogen-bond donors (Lipinski definition) is 7. The van der Waals surface area contributed by atoms with Crippen LogP contribution in [0, 0.1) is 0 Å². The van der Waals surface area contributed by atoms with Crippen molar-refractivity contribution in [2.24, 2.45) is 11.5 Å². The van der Waals surface area contributed by atoms with E-state index in [1.54, 1.807) is 24.3 Å². The maximum Gasteiger partial charge on any atom is 0.326 e. The second-order valence-electron chi connectivity index (χ2n) is 7.00. The van der Waals surface area contributed by atoms with Crippen LogP contribution in [0.4, 0.5) is 0 Å². The van der Waals surface area contributed by atoms with E-state index >= 15 is 0 Å². The van der Waals surface area contributed by atoms with Crippen LogP contribution in [0.3, 0.4) is 0 Å². The van der Waals surface area contributed by atoms with Gasteiger partial charge >= 0.3 is 5.97 Å². The summed E-state index contributed by atoms with van der Waals surface area (Å²) in [7, 11) is 0. The first-order chi connectivity index (χ1) is 14.8. The number of rotatable bonds is 14. The van der Waals surface area contributed by atoms with Gasteiger partial charge in [-0.15, -0.1) is 0 Å². The zero-order valence-corrected chi connectivity index (χ0v) is 18.1. The van der Waals surface area contributed by atoms with E-state index in [0.29, 0.717) is 19.4 Å². The number of unbranched alkanes of at least 4 members (excludes halogenated alkanes) is 1. The highest BCUT2D eigenvalue weighted by atomic mass is 32.1. The van der Waals surface area contributed by atoms with E-state index in [0.717, 1.165) is 5.56 Å². The number of carbonyl (C=O) groups is 4. The Morgan fingerprint density at radius 1 is 1.00 bits per heavy atom. The molecule has 0 spiro atoms. The van der Waals surface area contributed by atoms with Gasteiger partial charge in [0, 0.05) is 12.2 Å². The number of carboxylic acids is 1. The number of nitrogens with one attached hydrogen (secondary N) is 3. The fraction of sp³-hybridized carbons (Fsp3) is 0.500. The Bertz CT molecular complexity index is 734. The molecule has 0 fully saturated rings.